The second kappa shape index (κ2) is 18.1. The Bertz CT molecular complexity index is 713. The first-order chi connectivity index (χ1) is 15.9. The van der Waals surface area contributed by atoms with Crippen molar-refractivity contribution in [3.63, 3.8) is 0 Å². The van der Waals surface area contributed by atoms with Gasteiger partial charge in [-0.3, -0.25) is 0 Å². The molecule has 0 radical (unpaired) electrons. The van der Waals surface area contributed by atoms with Gasteiger partial charge < -0.3 is 14.2 Å². The molecular weight excluding hydrogens is 426 g/mol. The van der Waals surface area contributed by atoms with Crippen molar-refractivity contribution in [1.82, 2.24) is 4.90 Å². The number of rotatable bonds is 17. The molecule has 1 aliphatic rings. The van der Waals surface area contributed by atoms with Crippen LogP contribution >= 0.6 is 12.0 Å². The van der Waals surface area contributed by atoms with Crippen molar-refractivity contribution in [1.29, 1.82) is 0 Å². The normalized spacial score (nSPS) is 16.9. The maximum Gasteiger partial charge on any atom is 0.0719 e. The molecule has 0 aromatic carbocycles. The van der Waals surface area contributed by atoms with Gasteiger partial charge in [-0.05, 0) is 102 Å². The van der Waals surface area contributed by atoms with Gasteiger partial charge in [0.15, 0.2) is 0 Å². The second-order valence-electron chi connectivity index (χ2n) is 9.22. The molecule has 33 heavy (non-hydrogen) atoms. The van der Waals surface area contributed by atoms with Crippen molar-refractivity contribution in [2.45, 2.75) is 71.5 Å². The van der Waals surface area contributed by atoms with Crippen LogP contribution < -0.4 is 0 Å². The maximum absolute atomic E-state index is 9.21. The van der Waals surface area contributed by atoms with Gasteiger partial charge >= 0.3 is 0 Å². The molecule has 4 heteroatoms. The molecule has 0 saturated heterocycles. The van der Waals surface area contributed by atoms with Gasteiger partial charge in [0.05, 0.1) is 6.61 Å². The summed E-state index contributed by atoms with van der Waals surface area (Å²) in [5, 5.41) is 0.381. The molecule has 0 saturated carbocycles. The Morgan fingerprint density at radius 3 is 2.67 bits per heavy atom. The van der Waals surface area contributed by atoms with Crippen molar-refractivity contribution >= 4 is 12.0 Å². The van der Waals surface area contributed by atoms with Crippen molar-refractivity contribution in [3.8, 4) is 0 Å². The Labute approximate surface area is 208 Å². The number of ether oxygens (including phenoxy) is 1. The van der Waals surface area contributed by atoms with E-state index >= 15 is 0 Å². The molecule has 3 nitrogen and oxygen atoms in total. The van der Waals surface area contributed by atoms with Crippen LogP contribution in [0.2, 0.25) is 0 Å². The quantitative estimate of drug-likeness (QED) is 0.132. The molecule has 1 N–H and O–H groups in total. The van der Waals surface area contributed by atoms with E-state index in [1.54, 1.807) is 0 Å². The molecule has 0 aromatic rings. The van der Waals surface area contributed by atoms with E-state index in [2.05, 4.69) is 82.7 Å². The highest BCUT2D eigenvalue weighted by Crippen LogP contribution is 2.25. The van der Waals surface area contributed by atoms with Crippen LogP contribution in [0.3, 0.4) is 0 Å². The minimum Gasteiger partial charge on any atom is -0.377 e. The summed E-state index contributed by atoms with van der Waals surface area (Å²) in [5.41, 5.74) is 5.32. The van der Waals surface area contributed by atoms with E-state index in [0.717, 1.165) is 70.3 Å². The number of unbranched alkanes of at least 4 members (excludes halogenated alkanes) is 1. The van der Waals surface area contributed by atoms with E-state index in [0.29, 0.717) is 17.8 Å². The zero-order valence-corrected chi connectivity index (χ0v) is 22.5. The molecule has 2 unspecified atom stereocenters. The topological polar surface area (TPSA) is 32.7 Å². The van der Waals surface area contributed by atoms with Gasteiger partial charge in [-0.25, -0.2) is 0 Å². The third-order valence-corrected chi connectivity index (χ3v) is 7.07. The van der Waals surface area contributed by atoms with Crippen LogP contribution in [0.5, 0.6) is 0 Å². The molecular formula is C29H47NO2S. The van der Waals surface area contributed by atoms with E-state index in [1.165, 1.54) is 22.3 Å². The third kappa shape index (κ3) is 13.2. The minimum absolute atomic E-state index is 0.381. The third-order valence-electron chi connectivity index (χ3n) is 6.20. The molecule has 0 aromatic heterocycles. The lowest BCUT2D eigenvalue weighted by molar-refractivity contribution is 0.149. The summed E-state index contributed by atoms with van der Waals surface area (Å²) in [6.07, 6.45) is 21.5. The lowest BCUT2D eigenvalue weighted by Crippen LogP contribution is -2.22. The lowest BCUT2D eigenvalue weighted by atomic mass is 9.92. The Balaban J connectivity index is 2.36. The Morgan fingerprint density at radius 2 is 1.97 bits per heavy atom. The Kier molecular flexibility index (Phi) is 16.3. The van der Waals surface area contributed by atoms with E-state index < -0.39 is 0 Å². The fourth-order valence-electron chi connectivity index (χ4n) is 3.98. The summed E-state index contributed by atoms with van der Waals surface area (Å²) in [5.74, 6) is 0.392. The molecule has 0 spiro atoms. The standard InChI is InChI=1S/C29H47NO2S/c1-7-14-28(26(5)22-25(4)27-16-10-9-15-24(3)21-27)23-32-20-12-11-18-30(6)19-13-17-29(8-2)33-31/h7,9-10,14-16,22,25,29,31H,1,8,11-13,17-21,23H2,2-6H3/b26-22?,28-14-. The monoisotopic (exact) mass is 473 g/mol. The lowest BCUT2D eigenvalue weighted by Gasteiger charge is -2.18. The fourth-order valence-corrected chi connectivity index (χ4v) is 4.40. The summed E-state index contributed by atoms with van der Waals surface area (Å²) in [4.78, 5) is 2.39. The second-order valence-corrected chi connectivity index (χ2v) is 10.1. The average Bonchev–Trinajstić information content (AvgIpc) is 3.02. The Morgan fingerprint density at radius 1 is 1.24 bits per heavy atom. The smallest absolute Gasteiger partial charge is 0.0719 e. The molecule has 1 rings (SSSR count). The predicted octanol–water partition coefficient (Wildman–Crippen LogP) is 8.01. The van der Waals surface area contributed by atoms with Gasteiger partial charge in [-0.1, -0.05) is 74.1 Å². The van der Waals surface area contributed by atoms with Crippen LogP contribution in [0.4, 0.5) is 0 Å². The molecule has 0 amide bonds. The van der Waals surface area contributed by atoms with E-state index in [9.17, 15) is 4.55 Å². The van der Waals surface area contributed by atoms with Crippen LogP contribution in [0.25, 0.3) is 0 Å². The van der Waals surface area contributed by atoms with Gasteiger partial charge in [-0.2, -0.15) is 0 Å². The van der Waals surface area contributed by atoms with Crippen LogP contribution in [-0.2, 0) is 4.74 Å². The first-order valence-electron chi connectivity index (χ1n) is 12.5. The first-order valence-corrected chi connectivity index (χ1v) is 13.3. The summed E-state index contributed by atoms with van der Waals surface area (Å²) >= 11 is 1.01. The number of hydrogen-bond donors (Lipinski definition) is 1. The molecule has 2 atom stereocenters. The molecule has 0 fully saturated rings. The van der Waals surface area contributed by atoms with Crippen molar-refractivity contribution in [2.75, 3.05) is 33.4 Å². The zero-order valence-electron chi connectivity index (χ0n) is 21.7. The molecule has 1 aliphatic carbocycles. The van der Waals surface area contributed by atoms with Gasteiger partial charge in [-0.15, -0.1) is 0 Å². The summed E-state index contributed by atoms with van der Waals surface area (Å²) in [6, 6.07) is 0. The van der Waals surface area contributed by atoms with E-state index in [-0.39, 0.29) is 0 Å². The minimum atomic E-state index is 0.381. The zero-order chi connectivity index (χ0) is 24.5. The molecule has 0 aliphatic heterocycles. The van der Waals surface area contributed by atoms with Crippen molar-refractivity contribution in [3.05, 3.63) is 71.4 Å². The summed E-state index contributed by atoms with van der Waals surface area (Å²) in [6.45, 7) is 16.3. The number of hydrogen-bond acceptors (Lipinski definition) is 4. The number of allylic oxidation sites excluding steroid dienone is 9. The van der Waals surface area contributed by atoms with Crippen LogP contribution in [0.1, 0.15) is 66.2 Å². The molecule has 0 heterocycles. The summed E-state index contributed by atoms with van der Waals surface area (Å²) < 4.78 is 15.2. The highest BCUT2D eigenvalue weighted by molar-refractivity contribution is 7.94. The molecule has 186 valence electrons. The van der Waals surface area contributed by atoms with Crippen molar-refractivity contribution in [2.24, 2.45) is 5.92 Å². The van der Waals surface area contributed by atoms with Gasteiger partial charge in [0.2, 0.25) is 0 Å². The van der Waals surface area contributed by atoms with E-state index in [4.69, 9.17) is 4.74 Å². The van der Waals surface area contributed by atoms with E-state index in [1.807, 2.05) is 6.08 Å². The Hall–Kier alpha value is -1.33. The first kappa shape index (κ1) is 29.7. The highest BCUT2D eigenvalue weighted by atomic mass is 32.2. The average molecular weight is 474 g/mol. The van der Waals surface area contributed by atoms with Gasteiger partial charge in [0.25, 0.3) is 0 Å². The molecule has 0 bridgehead atoms. The SMILES string of the molecule is C=C/C=C(/COCCCCN(C)CCCC(CC)SO)C(C)=CC(C)C1=CC=CC=C(C)C1. The van der Waals surface area contributed by atoms with Crippen LogP contribution in [-0.4, -0.2) is 48.1 Å². The summed E-state index contributed by atoms with van der Waals surface area (Å²) in [7, 11) is 2.19. The van der Waals surface area contributed by atoms with Crippen LogP contribution in [0, 0.1) is 5.92 Å². The fraction of sp³-hybridized carbons (Fsp3) is 0.586. The maximum atomic E-state index is 9.21. The highest BCUT2D eigenvalue weighted by Gasteiger charge is 2.10. The van der Waals surface area contributed by atoms with Gasteiger partial charge in [0.1, 0.15) is 0 Å². The van der Waals surface area contributed by atoms with Gasteiger partial charge in [0, 0.05) is 11.9 Å². The number of nitrogens with zero attached hydrogens (tertiary/aromatic N) is 1. The predicted molar refractivity (Wildman–Crippen MR) is 148 cm³/mol. The van der Waals surface area contributed by atoms with Crippen LogP contribution in [0.15, 0.2) is 71.4 Å². The van der Waals surface area contributed by atoms with Crippen molar-refractivity contribution < 1.29 is 9.29 Å². The largest absolute Gasteiger partial charge is 0.377 e.